The van der Waals surface area contributed by atoms with E-state index in [1.54, 1.807) is 53.1 Å². The van der Waals surface area contributed by atoms with Crippen molar-refractivity contribution in [1.29, 1.82) is 0 Å². The second-order valence-corrected chi connectivity index (χ2v) is 5.97. The Bertz CT molecular complexity index is 864. The molecule has 0 atom stereocenters. The Labute approximate surface area is 146 Å². The summed E-state index contributed by atoms with van der Waals surface area (Å²) in [5.74, 6) is -0.539. The van der Waals surface area contributed by atoms with E-state index in [4.69, 9.17) is 4.74 Å². The van der Waals surface area contributed by atoms with E-state index in [0.717, 1.165) is 10.3 Å². The molecule has 3 aromatic rings. The molecule has 0 N–H and O–H groups in total. The van der Waals surface area contributed by atoms with E-state index in [-0.39, 0.29) is 11.7 Å². The molecule has 0 saturated carbocycles. The van der Waals surface area contributed by atoms with Crippen LogP contribution in [0, 0.1) is 5.82 Å². The van der Waals surface area contributed by atoms with Crippen molar-refractivity contribution < 1.29 is 13.9 Å². The molecule has 0 aliphatic heterocycles. The van der Waals surface area contributed by atoms with Gasteiger partial charge in [-0.2, -0.15) is 0 Å². The van der Waals surface area contributed by atoms with Gasteiger partial charge in [-0.3, -0.25) is 9.20 Å². The molecule has 0 saturated heterocycles. The van der Waals surface area contributed by atoms with Crippen molar-refractivity contribution >= 4 is 33.2 Å². The first-order chi connectivity index (χ1) is 11.6. The number of aromatic nitrogens is 2. The van der Waals surface area contributed by atoms with Gasteiger partial charge in [0.2, 0.25) is 0 Å². The number of imidazole rings is 1. The highest BCUT2D eigenvalue weighted by Crippen LogP contribution is 2.20. The lowest BCUT2D eigenvalue weighted by Crippen LogP contribution is -2.34. The summed E-state index contributed by atoms with van der Waals surface area (Å²) in [5, 5.41) is 0. The molecule has 0 aliphatic rings. The van der Waals surface area contributed by atoms with E-state index < -0.39 is 0 Å². The fourth-order valence-electron chi connectivity index (χ4n) is 2.38. The van der Waals surface area contributed by atoms with Gasteiger partial charge < -0.3 is 9.64 Å². The first-order valence-corrected chi connectivity index (χ1v) is 8.08. The molecule has 24 heavy (non-hydrogen) atoms. The van der Waals surface area contributed by atoms with Crippen LogP contribution in [0.2, 0.25) is 0 Å². The zero-order chi connectivity index (χ0) is 17.1. The summed E-state index contributed by atoms with van der Waals surface area (Å²) in [6.07, 6.45) is 3.39. The van der Waals surface area contributed by atoms with Crippen LogP contribution in [-0.4, -0.2) is 35.6 Å². The van der Waals surface area contributed by atoms with Crippen molar-refractivity contribution in [2.45, 2.75) is 0 Å². The van der Waals surface area contributed by atoms with Gasteiger partial charge in [-0.15, -0.1) is 0 Å². The van der Waals surface area contributed by atoms with Crippen molar-refractivity contribution in [2.24, 2.45) is 0 Å². The van der Waals surface area contributed by atoms with Crippen LogP contribution in [0.3, 0.4) is 0 Å². The third kappa shape index (κ3) is 3.32. The number of nitrogens with zero attached hydrogens (tertiary/aromatic N) is 3. The number of fused-ring (bicyclic) bond motifs is 1. The summed E-state index contributed by atoms with van der Waals surface area (Å²) in [5.41, 5.74) is 1.86. The Morgan fingerprint density at radius 3 is 2.75 bits per heavy atom. The van der Waals surface area contributed by atoms with E-state index in [9.17, 15) is 9.18 Å². The third-order valence-electron chi connectivity index (χ3n) is 3.61. The molecule has 0 bridgehead atoms. The largest absolute Gasteiger partial charge is 0.383 e. The predicted molar refractivity (Wildman–Crippen MR) is 92.8 cm³/mol. The molecule has 0 aliphatic carbocycles. The molecule has 1 aromatic carbocycles. The van der Waals surface area contributed by atoms with Crippen molar-refractivity contribution in [3.05, 3.63) is 64.8 Å². The Balaban J connectivity index is 1.96. The van der Waals surface area contributed by atoms with Gasteiger partial charge in [-0.1, -0.05) is 0 Å². The molecule has 2 aromatic heterocycles. The Morgan fingerprint density at radius 1 is 1.29 bits per heavy atom. The molecule has 124 valence electrons. The minimum Gasteiger partial charge on any atom is -0.383 e. The first-order valence-electron chi connectivity index (χ1n) is 7.29. The lowest BCUT2D eigenvalue weighted by atomic mass is 10.2. The standard InChI is InChI=1S/C17H15BrFN3O2/c1-24-9-8-21(14-5-3-13(19)4-6-14)17(23)12-2-7-16-20-10-15(18)22(16)11-12/h2-7,10-11H,8-9H2,1H3. The highest BCUT2D eigenvalue weighted by atomic mass is 79.9. The van der Waals surface area contributed by atoms with Gasteiger partial charge in [0, 0.05) is 25.5 Å². The second kappa shape index (κ2) is 7.11. The first kappa shape index (κ1) is 16.6. The molecule has 2 heterocycles. The fraction of sp³-hybridized carbons (Fsp3) is 0.176. The highest BCUT2D eigenvalue weighted by Gasteiger charge is 2.18. The van der Waals surface area contributed by atoms with Gasteiger partial charge in [0.25, 0.3) is 5.91 Å². The van der Waals surface area contributed by atoms with Crippen LogP contribution in [0.15, 0.2) is 53.4 Å². The number of hydrogen-bond acceptors (Lipinski definition) is 3. The van der Waals surface area contributed by atoms with E-state index >= 15 is 0 Å². The van der Waals surface area contributed by atoms with Crippen molar-refractivity contribution in [3.8, 4) is 0 Å². The number of hydrogen-bond donors (Lipinski definition) is 0. The number of amides is 1. The Kier molecular flexibility index (Phi) is 4.92. The Hall–Kier alpha value is -2.25. The molecule has 3 rings (SSSR count). The molecule has 0 radical (unpaired) electrons. The van der Waals surface area contributed by atoms with Crippen LogP contribution < -0.4 is 4.90 Å². The number of ether oxygens (including phenoxy) is 1. The van der Waals surface area contributed by atoms with Gasteiger partial charge in [-0.25, -0.2) is 9.37 Å². The lowest BCUT2D eigenvalue weighted by molar-refractivity contribution is 0.0975. The highest BCUT2D eigenvalue weighted by molar-refractivity contribution is 9.10. The van der Waals surface area contributed by atoms with Gasteiger partial charge in [0.05, 0.1) is 18.4 Å². The van der Waals surface area contributed by atoms with Crippen LogP contribution in [0.5, 0.6) is 0 Å². The van der Waals surface area contributed by atoms with E-state index in [0.29, 0.717) is 24.4 Å². The average Bonchev–Trinajstić information content (AvgIpc) is 2.97. The van der Waals surface area contributed by atoms with Gasteiger partial charge in [0.15, 0.2) is 0 Å². The number of rotatable bonds is 5. The molecule has 0 unspecified atom stereocenters. The van der Waals surface area contributed by atoms with Gasteiger partial charge >= 0.3 is 0 Å². The summed E-state index contributed by atoms with van der Waals surface area (Å²) >= 11 is 3.40. The van der Waals surface area contributed by atoms with E-state index in [1.807, 2.05) is 0 Å². The second-order valence-electron chi connectivity index (χ2n) is 5.15. The maximum atomic E-state index is 13.2. The molecular formula is C17H15BrFN3O2. The topological polar surface area (TPSA) is 46.8 Å². The summed E-state index contributed by atoms with van der Waals surface area (Å²) in [6.45, 7) is 0.740. The summed E-state index contributed by atoms with van der Waals surface area (Å²) in [6, 6.07) is 9.32. The molecule has 7 heteroatoms. The number of benzene rings is 1. The van der Waals surface area contributed by atoms with E-state index in [1.165, 1.54) is 12.1 Å². The monoisotopic (exact) mass is 391 g/mol. The number of halogens is 2. The van der Waals surface area contributed by atoms with Crippen molar-refractivity contribution in [3.63, 3.8) is 0 Å². The Morgan fingerprint density at radius 2 is 2.04 bits per heavy atom. The van der Waals surface area contributed by atoms with Crippen molar-refractivity contribution in [2.75, 3.05) is 25.2 Å². The number of anilines is 1. The van der Waals surface area contributed by atoms with Gasteiger partial charge in [0.1, 0.15) is 16.1 Å². The van der Waals surface area contributed by atoms with Crippen LogP contribution in [0.4, 0.5) is 10.1 Å². The number of carbonyl (C=O) groups excluding carboxylic acids is 1. The van der Waals surface area contributed by atoms with Crippen LogP contribution in [0.1, 0.15) is 10.4 Å². The quantitative estimate of drug-likeness (QED) is 0.668. The minimum absolute atomic E-state index is 0.193. The molecule has 5 nitrogen and oxygen atoms in total. The van der Waals surface area contributed by atoms with Gasteiger partial charge in [-0.05, 0) is 52.3 Å². The van der Waals surface area contributed by atoms with E-state index in [2.05, 4.69) is 20.9 Å². The zero-order valence-electron chi connectivity index (χ0n) is 12.9. The average molecular weight is 392 g/mol. The summed E-state index contributed by atoms with van der Waals surface area (Å²) < 4.78 is 20.8. The molecule has 1 amide bonds. The van der Waals surface area contributed by atoms with Crippen LogP contribution in [0.25, 0.3) is 5.65 Å². The predicted octanol–water partition coefficient (Wildman–Crippen LogP) is 3.53. The summed E-state index contributed by atoms with van der Waals surface area (Å²) in [4.78, 5) is 18.7. The molecule has 0 spiro atoms. The minimum atomic E-state index is -0.346. The van der Waals surface area contributed by atoms with Crippen LogP contribution in [-0.2, 0) is 4.74 Å². The number of methoxy groups -OCH3 is 1. The fourth-order valence-corrected chi connectivity index (χ4v) is 2.77. The maximum Gasteiger partial charge on any atom is 0.259 e. The third-order valence-corrected chi connectivity index (χ3v) is 4.20. The molecular weight excluding hydrogens is 377 g/mol. The van der Waals surface area contributed by atoms with Crippen LogP contribution >= 0.6 is 15.9 Å². The molecule has 0 fully saturated rings. The smallest absolute Gasteiger partial charge is 0.259 e. The van der Waals surface area contributed by atoms with Crippen molar-refractivity contribution in [1.82, 2.24) is 9.38 Å². The zero-order valence-corrected chi connectivity index (χ0v) is 14.5. The summed E-state index contributed by atoms with van der Waals surface area (Å²) in [7, 11) is 1.57. The number of carbonyl (C=O) groups is 1. The lowest BCUT2D eigenvalue weighted by Gasteiger charge is -2.22. The number of pyridine rings is 1. The SMILES string of the molecule is COCCN(C(=O)c1ccc2ncc(Br)n2c1)c1ccc(F)cc1. The maximum absolute atomic E-state index is 13.2. The normalized spacial score (nSPS) is 11.0.